The van der Waals surface area contributed by atoms with Crippen LogP contribution in [-0.4, -0.2) is 16.5 Å². The Labute approximate surface area is 62.5 Å². The molecule has 44 valence electrons. The van der Waals surface area contributed by atoms with E-state index in [2.05, 4.69) is 6.07 Å². The maximum atomic E-state index is 8.39. The summed E-state index contributed by atoms with van der Waals surface area (Å²) in [6.07, 6.45) is 0. The van der Waals surface area contributed by atoms with Crippen LogP contribution in [0.1, 0.15) is 5.56 Å². The van der Waals surface area contributed by atoms with Crippen LogP contribution in [0.15, 0.2) is 24.3 Å². The maximum absolute atomic E-state index is 8.39. The number of hydrogen-bond donors (Lipinski definition) is 0. The summed E-state index contributed by atoms with van der Waals surface area (Å²) in [7, 11) is 0. The molecule has 0 unspecified atom stereocenters. The molecule has 0 saturated heterocycles. The standard InChI is InChI=1S/C7H7GeN/c8-7-3-1-6(5-9)2-4-7/h1-4H,8H3. The van der Waals surface area contributed by atoms with Gasteiger partial charge in [-0.2, -0.15) is 0 Å². The molecule has 0 aromatic heterocycles. The van der Waals surface area contributed by atoms with Crippen molar-refractivity contribution in [3.63, 3.8) is 0 Å². The van der Waals surface area contributed by atoms with Gasteiger partial charge in [-0.05, 0) is 0 Å². The summed E-state index contributed by atoms with van der Waals surface area (Å²) >= 11 is 0.737. The van der Waals surface area contributed by atoms with Gasteiger partial charge in [-0.15, -0.1) is 0 Å². The molecule has 1 rings (SSSR count). The van der Waals surface area contributed by atoms with Crippen molar-refractivity contribution in [3.8, 4) is 6.07 Å². The van der Waals surface area contributed by atoms with E-state index in [0.717, 1.165) is 22.1 Å². The first-order valence-corrected chi connectivity index (χ1v) is 4.89. The fourth-order valence-corrected chi connectivity index (χ4v) is 1.33. The van der Waals surface area contributed by atoms with E-state index in [1.54, 1.807) is 0 Å². The number of benzene rings is 1. The zero-order chi connectivity index (χ0) is 6.69. The first kappa shape index (κ1) is 6.37. The van der Waals surface area contributed by atoms with E-state index in [1.165, 1.54) is 4.40 Å². The molecule has 0 aliphatic heterocycles. The SMILES string of the molecule is N#Cc1cc[c]([GeH3])cc1. The normalized spacial score (nSPS) is 8.78. The first-order chi connectivity index (χ1) is 4.33. The average molecular weight is 178 g/mol. The van der Waals surface area contributed by atoms with Crippen molar-refractivity contribution < 1.29 is 0 Å². The van der Waals surface area contributed by atoms with Gasteiger partial charge in [-0.1, -0.05) is 0 Å². The van der Waals surface area contributed by atoms with Gasteiger partial charge in [0.15, 0.2) is 0 Å². The second-order valence-corrected chi connectivity index (χ2v) is 4.40. The van der Waals surface area contributed by atoms with E-state index in [9.17, 15) is 0 Å². The molecule has 0 atom stereocenters. The van der Waals surface area contributed by atoms with Crippen LogP contribution in [0.5, 0.6) is 0 Å². The van der Waals surface area contributed by atoms with E-state index >= 15 is 0 Å². The minimum absolute atomic E-state index is 0.737. The molecule has 0 bridgehead atoms. The predicted octanol–water partition coefficient (Wildman–Crippen LogP) is -0.451. The van der Waals surface area contributed by atoms with Crippen molar-refractivity contribution in [1.82, 2.24) is 0 Å². The molecule has 1 nitrogen and oxygen atoms in total. The van der Waals surface area contributed by atoms with Crippen LogP contribution in [0, 0.1) is 11.3 Å². The van der Waals surface area contributed by atoms with Crippen LogP contribution in [0.2, 0.25) is 0 Å². The van der Waals surface area contributed by atoms with Crippen molar-refractivity contribution in [1.29, 1.82) is 5.26 Å². The molecule has 0 fully saturated rings. The molecule has 0 heterocycles. The molecule has 0 spiro atoms. The van der Waals surface area contributed by atoms with Gasteiger partial charge in [0.1, 0.15) is 0 Å². The summed E-state index contributed by atoms with van der Waals surface area (Å²) in [6, 6.07) is 9.82. The van der Waals surface area contributed by atoms with Gasteiger partial charge in [-0.25, -0.2) is 0 Å². The molecule has 0 radical (unpaired) electrons. The summed E-state index contributed by atoms with van der Waals surface area (Å²) in [6.45, 7) is 0. The fraction of sp³-hybridized carbons (Fsp3) is 0. The fourth-order valence-electron chi connectivity index (χ4n) is 0.628. The molecule has 0 aliphatic rings. The molecule has 0 amide bonds. The van der Waals surface area contributed by atoms with Crippen LogP contribution >= 0.6 is 0 Å². The third kappa shape index (κ3) is 1.58. The van der Waals surface area contributed by atoms with Gasteiger partial charge in [0, 0.05) is 0 Å². The topological polar surface area (TPSA) is 23.8 Å². The summed E-state index contributed by atoms with van der Waals surface area (Å²) in [4.78, 5) is 0. The summed E-state index contributed by atoms with van der Waals surface area (Å²) in [5, 5.41) is 8.39. The van der Waals surface area contributed by atoms with E-state index < -0.39 is 0 Å². The number of nitriles is 1. The molecule has 0 aliphatic carbocycles. The first-order valence-electron chi connectivity index (χ1n) is 2.79. The molecule has 1 aromatic rings. The van der Waals surface area contributed by atoms with Gasteiger partial charge in [0.2, 0.25) is 0 Å². The predicted molar refractivity (Wildman–Crippen MR) is 40.7 cm³/mol. The van der Waals surface area contributed by atoms with E-state index in [0.29, 0.717) is 0 Å². The van der Waals surface area contributed by atoms with Crippen LogP contribution in [0.25, 0.3) is 0 Å². The molecule has 0 saturated carbocycles. The molecule has 1 aromatic carbocycles. The molecule has 2 heteroatoms. The Bertz CT molecular complexity index is 232. The average Bonchev–Trinajstić information content (AvgIpc) is 1.90. The molecular weight excluding hydrogens is 171 g/mol. The van der Waals surface area contributed by atoms with E-state index in [4.69, 9.17) is 5.26 Å². The second-order valence-electron chi connectivity index (χ2n) is 1.98. The van der Waals surface area contributed by atoms with Crippen LogP contribution < -0.4 is 4.40 Å². The number of rotatable bonds is 0. The Hall–Kier alpha value is -0.747. The van der Waals surface area contributed by atoms with Crippen LogP contribution in [0.3, 0.4) is 0 Å². The van der Waals surface area contributed by atoms with Crippen LogP contribution in [0.4, 0.5) is 0 Å². The monoisotopic (exact) mass is 179 g/mol. The molecular formula is C7H7GeN. The van der Waals surface area contributed by atoms with Crippen molar-refractivity contribution in [2.75, 3.05) is 0 Å². The van der Waals surface area contributed by atoms with E-state index in [-0.39, 0.29) is 0 Å². The Morgan fingerprint density at radius 2 is 1.78 bits per heavy atom. The van der Waals surface area contributed by atoms with Crippen molar-refractivity contribution in [3.05, 3.63) is 29.8 Å². The number of hydrogen-bond acceptors (Lipinski definition) is 1. The Morgan fingerprint density at radius 3 is 2.22 bits per heavy atom. The van der Waals surface area contributed by atoms with Crippen molar-refractivity contribution in [2.45, 2.75) is 0 Å². The second kappa shape index (κ2) is 2.70. The van der Waals surface area contributed by atoms with Crippen molar-refractivity contribution >= 4 is 20.9 Å². The van der Waals surface area contributed by atoms with Gasteiger partial charge in [0.25, 0.3) is 0 Å². The Kier molecular flexibility index (Phi) is 1.91. The third-order valence-corrected chi connectivity index (χ3v) is 2.58. The van der Waals surface area contributed by atoms with E-state index in [1.807, 2.05) is 24.3 Å². The zero-order valence-electron chi connectivity index (χ0n) is 5.26. The zero-order valence-corrected chi connectivity index (χ0v) is 9.45. The van der Waals surface area contributed by atoms with Gasteiger partial charge < -0.3 is 0 Å². The van der Waals surface area contributed by atoms with Gasteiger partial charge in [0.05, 0.1) is 0 Å². The number of nitrogens with zero attached hydrogens (tertiary/aromatic N) is 1. The third-order valence-electron chi connectivity index (χ3n) is 1.18. The van der Waals surface area contributed by atoms with Gasteiger partial charge in [-0.3, -0.25) is 0 Å². The van der Waals surface area contributed by atoms with Crippen molar-refractivity contribution in [2.24, 2.45) is 0 Å². The quantitative estimate of drug-likeness (QED) is 0.493. The summed E-state index contributed by atoms with van der Waals surface area (Å²) < 4.78 is 1.38. The van der Waals surface area contributed by atoms with Gasteiger partial charge >= 0.3 is 62.1 Å². The Morgan fingerprint density at radius 1 is 1.22 bits per heavy atom. The van der Waals surface area contributed by atoms with Crippen LogP contribution in [-0.2, 0) is 0 Å². The Balaban J connectivity index is 3.06. The summed E-state index contributed by atoms with van der Waals surface area (Å²) in [5.41, 5.74) is 0.753. The summed E-state index contributed by atoms with van der Waals surface area (Å²) in [5.74, 6) is 0. The molecule has 9 heavy (non-hydrogen) atoms. The molecule has 0 N–H and O–H groups in total. The minimum atomic E-state index is 0.737.